The second-order valence-corrected chi connectivity index (χ2v) is 4.61. The molecule has 0 rings (SSSR count). The van der Waals surface area contributed by atoms with E-state index in [4.69, 9.17) is 4.74 Å². The summed E-state index contributed by atoms with van der Waals surface area (Å²) in [5, 5.41) is 0. The van der Waals surface area contributed by atoms with E-state index >= 15 is 0 Å². The summed E-state index contributed by atoms with van der Waals surface area (Å²) in [4.78, 5) is 11.8. The highest BCUT2D eigenvalue weighted by Crippen LogP contribution is 2.18. The minimum absolute atomic E-state index is 0.0325. The van der Waals surface area contributed by atoms with Crippen molar-refractivity contribution in [1.82, 2.24) is 0 Å². The maximum atomic E-state index is 11.8. The van der Waals surface area contributed by atoms with Gasteiger partial charge in [-0.2, -0.15) is 0 Å². The Balaban J connectivity index is 3.93. The second-order valence-electron chi connectivity index (χ2n) is 4.61. The molecule has 0 aromatic heterocycles. The van der Waals surface area contributed by atoms with Crippen molar-refractivity contribution in [2.24, 2.45) is 5.92 Å². The van der Waals surface area contributed by atoms with Crippen molar-refractivity contribution in [3.05, 3.63) is 12.7 Å². The lowest BCUT2D eigenvalue weighted by Gasteiger charge is -2.14. The zero-order valence-electron chi connectivity index (χ0n) is 11.5. The molecule has 17 heavy (non-hydrogen) atoms. The second kappa shape index (κ2) is 11.7. The van der Waals surface area contributed by atoms with Crippen molar-refractivity contribution < 1.29 is 9.53 Å². The molecule has 0 aliphatic rings. The van der Waals surface area contributed by atoms with Gasteiger partial charge >= 0.3 is 5.97 Å². The Bertz CT molecular complexity index is 199. The van der Waals surface area contributed by atoms with Gasteiger partial charge in [-0.3, -0.25) is 4.79 Å². The minimum Gasteiger partial charge on any atom is -0.461 e. The fraction of sp³-hybridized carbons (Fsp3) is 0.800. The first-order valence-electron chi connectivity index (χ1n) is 7.03. The van der Waals surface area contributed by atoms with E-state index in [-0.39, 0.29) is 11.9 Å². The van der Waals surface area contributed by atoms with Gasteiger partial charge in [0.1, 0.15) is 6.61 Å². The lowest BCUT2D eigenvalue weighted by atomic mass is 9.95. The van der Waals surface area contributed by atoms with Gasteiger partial charge in [0.2, 0.25) is 0 Å². The molecule has 1 unspecified atom stereocenters. The van der Waals surface area contributed by atoms with E-state index in [0.29, 0.717) is 6.61 Å². The van der Waals surface area contributed by atoms with Gasteiger partial charge in [-0.1, -0.05) is 65.0 Å². The van der Waals surface area contributed by atoms with Crippen LogP contribution in [0.25, 0.3) is 0 Å². The van der Waals surface area contributed by atoms with E-state index in [1.165, 1.54) is 19.3 Å². The Morgan fingerprint density at radius 3 is 2.35 bits per heavy atom. The van der Waals surface area contributed by atoms with E-state index in [1.54, 1.807) is 6.08 Å². The first kappa shape index (κ1) is 16.2. The monoisotopic (exact) mass is 240 g/mol. The molecule has 0 aliphatic heterocycles. The topological polar surface area (TPSA) is 26.3 Å². The lowest BCUT2D eigenvalue weighted by molar-refractivity contribution is -0.147. The summed E-state index contributed by atoms with van der Waals surface area (Å²) in [6.45, 7) is 8.26. The van der Waals surface area contributed by atoms with E-state index in [2.05, 4.69) is 20.4 Å². The zero-order valence-corrected chi connectivity index (χ0v) is 11.5. The van der Waals surface area contributed by atoms with Crippen LogP contribution < -0.4 is 0 Å². The molecule has 0 spiro atoms. The van der Waals surface area contributed by atoms with Crippen LogP contribution in [0.1, 0.15) is 65.2 Å². The molecule has 0 N–H and O–H groups in total. The molecule has 0 aromatic rings. The van der Waals surface area contributed by atoms with Gasteiger partial charge in [-0.25, -0.2) is 0 Å². The summed E-state index contributed by atoms with van der Waals surface area (Å²) in [7, 11) is 0. The summed E-state index contributed by atoms with van der Waals surface area (Å²) in [6.07, 6.45) is 10.7. The number of carbonyl (C=O) groups is 1. The van der Waals surface area contributed by atoms with Crippen molar-refractivity contribution >= 4 is 5.97 Å². The largest absolute Gasteiger partial charge is 0.461 e. The van der Waals surface area contributed by atoms with Gasteiger partial charge in [0, 0.05) is 0 Å². The van der Waals surface area contributed by atoms with Gasteiger partial charge in [0.05, 0.1) is 5.92 Å². The molecular formula is C15H28O2. The summed E-state index contributed by atoms with van der Waals surface area (Å²) in [6, 6.07) is 0. The van der Waals surface area contributed by atoms with Crippen molar-refractivity contribution in [3.63, 3.8) is 0 Å². The van der Waals surface area contributed by atoms with Crippen LogP contribution in [0, 0.1) is 5.92 Å². The third-order valence-electron chi connectivity index (χ3n) is 2.99. The summed E-state index contributed by atoms with van der Waals surface area (Å²) in [5.41, 5.74) is 0. The van der Waals surface area contributed by atoms with E-state index in [9.17, 15) is 4.79 Å². The molecule has 1 atom stereocenters. The SMILES string of the molecule is C=CCOC(=O)C(CCCC)CCCCCC. The normalized spacial score (nSPS) is 12.1. The van der Waals surface area contributed by atoms with Crippen LogP contribution in [0.4, 0.5) is 0 Å². The predicted molar refractivity (Wildman–Crippen MR) is 72.9 cm³/mol. The fourth-order valence-corrected chi connectivity index (χ4v) is 1.91. The maximum absolute atomic E-state index is 11.8. The number of unbranched alkanes of at least 4 members (excludes halogenated alkanes) is 4. The van der Waals surface area contributed by atoms with Crippen molar-refractivity contribution in [3.8, 4) is 0 Å². The standard InChI is InChI=1S/C15H28O2/c1-4-7-9-10-12-14(11-8-5-2)15(16)17-13-6-3/h6,14H,3-5,7-13H2,1-2H3. The van der Waals surface area contributed by atoms with Crippen LogP contribution in [-0.4, -0.2) is 12.6 Å². The summed E-state index contributed by atoms with van der Waals surface area (Å²) in [5.74, 6) is 0.0709. The van der Waals surface area contributed by atoms with Crippen LogP contribution >= 0.6 is 0 Å². The molecule has 0 aromatic carbocycles. The van der Waals surface area contributed by atoms with Crippen molar-refractivity contribution in [2.45, 2.75) is 65.2 Å². The molecule has 0 saturated heterocycles. The molecule has 0 aliphatic carbocycles. The molecule has 2 nitrogen and oxygen atoms in total. The molecule has 0 bridgehead atoms. The van der Waals surface area contributed by atoms with Crippen LogP contribution in [0.5, 0.6) is 0 Å². The average molecular weight is 240 g/mol. The third-order valence-corrected chi connectivity index (χ3v) is 2.99. The molecule has 0 fully saturated rings. The number of carbonyl (C=O) groups excluding carboxylic acids is 1. The minimum atomic E-state index is -0.0325. The van der Waals surface area contributed by atoms with Gasteiger partial charge in [-0.05, 0) is 12.8 Å². The van der Waals surface area contributed by atoms with Crippen molar-refractivity contribution in [1.29, 1.82) is 0 Å². The number of hydrogen-bond donors (Lipinski definition) is 0. The van der Waals surface area contributed by atoms with E-state index in [1.807, 2.05) is 0 Å². The number of hydrogen-bond acceptors (Lipinski definition) is 2. The number of ether oxygens (including phenoxy) is 1. The Hall–Kier alpha value is -0.790. The summed E-state index contributed by atoms with van der Waals surface area (Å²) >= 11 is 0. The van der Waals surface area contributed by atoms with Crippen LogP contribution in [0.15, 0.2) is 12.7 Å². The Labute approximate surface area is 106 Å². The molecule has 0 heterocycles. The lowest BCUT2D eigenvalue weighted by Crippen LogP contribution is -2.18. The molecule has 100 valence electrons. The van der Waals surface area contributed by atoms with Gasteiger partial charge in [0.25, 0.3) is 0 Å². The average Bonchev–Trinajstić information content (AvgIpc) is 2.35. The molecule has 0 saturated carbocycles. The van der Waals surface area contributed by atoms with Crippen LogP contribution in [0.3, 0.4) is 0 Å². The van der Waals surface area contributed by atoms with E-state index < -0.39 is 0 Å². The number of esters is 1. The molecule has 0 amide bonds. The van der Waals surface area contributed by atoms with E-state index in [0.717, 1.165) is 32.1 Å². The molecule has 0 radical (unpaired) electrons. The smallest absolute Gasteiger partial charge is 0.309 e. The van der Waals surface area contributed by atoms with Gasteiger partial charge < -0.3 is 4.74 Å². The van der Waals surface area contributed by atoms with Crippen molar-refractivity contribution in [2.75, 3.05) is 6.61 Å². The maximum Gasteiger partial charge on any atom is 0.309 e. The Morgan fingerprint density at radius 1 is 1.12 bits per heavy atom. The highest BCUT2D eigenvalue weighted by Gasteiger charge is 2.18. The Kier molecular flexibility index (Phi) is 11.1. The summed E-state index contributed by atoms with van der Waals surface area (Å²) < 4.78 is 5.15. The van der Waals surface area contributed by atoms with Crippen LogP contribution in [0.2, 0.25) is 0 Å². The fourth-order valence-electron chi connectivity index (χ4n) is 1.91. The molecular weight excluding hydrogens is 212 g/mol. The van der Waals surface area contributed by atoms with Gasteiger partial charge in [-0.15, -0.1) is 0 Å². The quantitative estimate of drug-likeness (QED) is 0.302. The number of rotatable bonds is 11. The van der Waals surface area contributed by atoms with Gasteiger partial charge in [0.15, 0.2) is 0 Å². The molecule has 2 heteroatoms. The zero-order chi connectivity index (χ0) is 12.9. The predicted octanol–water partition coefficient (Wildman–Crippen LogP) is 4.49. The Morgan fingerprint density at radius 2 is 1.76 bits per heavy atom. The highest BCUT2D eigenvalue weighted by atomic mass is 16.5. The van der Waals surface area contributed by atoms with Crippen LogP contribution in [-0.2, 0) is 9.53 Å². The first-order valence-corrected chi connectivity index (χ1v) is 7.03. The third kappa shape index (κ3) is 8.96. The highest BCUT2D eigenvalue weighted by molar-refractivity contribution is 5.72. The first-order chi connectivity index (χ1) is 8.26.